The van der Waals surface area contributed by atoms with Gasteiger partial charge in [0.2, 0.25) is 0 Å². The van der Waals surface area contributed by atoms with E-state index in [1.54, 1.807) is 17.5 Å². The van der Waals surface area contributed by atoms with Gasteiger partial charge in [0, 0.05) is 28.2 Å². The number of fused-ring (bicyclic) bond motifs is 1. The van der Waals surface area contributed by atoms with Crippen LogP contribution in [0.15, 0.2) is 40.4 Å². The maximum Gasteiger partial charge on any atom is 0.101 e. The van der Waals surface area contributed by atoms with Gasteiger partial charge in [-0.1, -0.05) is 18.2 Å². The second-order valence-electron chi connectivity index (χ2n) is 3.67. The van der Waals surface area contributed by atoms with Crippen molar-refractivity contribution in [3.63, 3.8) is 0 Å². The molecule has 2 heterocycles. The molecule has 0 fully saturated rings. The molecule has 0 saturated carbocycles. The van der Waals surface area contributed by atoms with Gasteiger partial charge in [0.15, 0.2) is 0 Å². The third-order valence-electron chi connectivity index (χ3n) is 2.67. The Bertz CT molecular complexity index is 733. The van der Waals surface area contributed by atoms with Gasteiger partial charge in [-0.3, -0.25) is 0 Å². The first-order valence-electron chi connectivity index (χ1n) is 5.05. The van der Waals surface area contributed by atoms with E-state index in [9.17, 15) is 0 Å². The van der Waals surface area contributed by atoms with Gasteiger partial charge in [-0.15, -0.1) is 11.3 Å². The van der Waals surface area contributed by atoms with E-state index < -0.39 is 0 Å². The number of benzene rings is 1. The van der Waals surface area contributed by atoms with Crippen LogP contribution in [-0.2, 0) is 0 Å². The summed E-state index contributed by atoms with van der Waals surface area (Å²) in [4.78, 5) is 2.99. The predicted molar refractivity (Wildman–Crippen MR) is 74.0 cm³/mol. The van der Waals surface area contributed by atoms with Gasteiger partial charge in [0.05, 0.1) is 9.35 Å². The van der Waals surface area contributed by atoms with Gasteiger partial charge in [-0.05, 0) is 27.4 Å². The predicted octanol–water partition coefficient (Wildman–Crippen LogP) is 4.53. The van der Waals surface area contributed by atoms with Crippen molar-refractivity contribution < 1.29 is 0 Å². The number of H-pyrrole nitrogens is 1. The fourth-order valence-electron chi connectivity index (χ4n) is 1.92. The van der Waals surface area contributed by atoms with E-state index >= 15 is 0 Å². The molecular weight excluding hydrogens is 296 g/mol. The van der Waals surface area contributed by atoms with Crippen LogP contribution in [0.3, 0.4) is 0 Å². The van der Waals surface area contributed by atoms with E-state index in [-0.39, 0.29) is 0 Å². The Morgan fingerprint density at radius 3 is 2.94 bits per heavy atom. The maximum absolute atomic E-state index is 9.07. The minimum absolute atomic E-state index is 0.682. The monoisotopic (exact) mass is 302 g/mol. The van der Waals surface area contributed by atoms with Crippen LogP contribution in [0.5, 0.6) is 0 Å². The van der Waals surface area contributed by atoms with Crippen molar-refractivity contribution in [2.45, 2.75) is 0 Å². The molecule has 1 aromatic carbocycles. The molecule has 17 heavy (non-hydrogen) atoms. The van der Waals surface area contributed by atoms with Crippen molar-refractivity contribution in [3.8, 4) is 17.2 Å². The molecule has 0 saturated heterocycles. The minimum Gasteiger partial charge on any atom is -0.366 e. The highest BCUT2D eigenvalue weighted by molar-refractivity contribution is 9.11. The molecule has 3 rings (SSSR count). The number of thiophene rings is 1. The number of aromatic nitrogens is 1. The molecule has 2 aromatic heterocycles. The zero-order valence-corrected chi connectivity index (χ0v) is 11.1. The van der Waals surface area contributed by atoms with Gasteiger partial charge < -0.3 is 4.98 Å². The highest BCUT2D eigenvalue weighted by Gasteiger charge is 2.11. The Hall–Kier alpha value is -1.57. The van der Waals surface area contributed by atoms with Gasteiger partial charge in [0.1, 0.15) is 6.07 Å². The summed E-state index contributed by atoms with van der Waals surface area (Å²) in [6.07, 6.45) is 3.61. The Balaban J connectivity index is 2.35. The van der Waals surface area contributed by atoms with Crippen LogP contribution in [0.2, 0.25) is 0 Å². The topological polar surface area (TPSA) is 39.6 Å². The van der Waals surface area contributed by atoms with Crippen LogP contribution in [0.25, 0.3) is 21.2 Å². The summed E-state index contributed by atoms with van der Waals surface area (Å²) in [5.41, 5.74) is 2.76. The van der Waals surface area contributed by atoms with Crippen LogP contribution in [0.1, 0.15) is 5.56 Å². The van der Waals surface area contributed by atoms with E-state index in [1.165, 1.54) is 10.1 Å². The second-order valence-corrected chi connectivity index (χ2v) is 6.10. The number of nitrogens with one attached hydrogen (secondary N) is 1. The molecule has 0 unspecified atom stereocenters. The first kappa shape index (κ1) is 10.6. The smallest absolute Gasteiger partial charge is 0.101 e. The van der Waals surface area contributed by atoms with E-state index in [4.69, 9.17) is 5.26 Å². The molecule has 0 atom stereocenters. The third kappa shape index (κ3) is 1.68. The summed E-state index contributed by atoms with van der Waals surface area (Å²) in [5.74, 6) is 0. The zero-order chi connectivity index (χ0) is 11.8. The average molecular weight is 303 g/mol. The molecule has 2 nitrogen and oxygen atoms in total. The Morgan fingerprint density at radius 2 is 2.12 bits per heavy atom. The van der Waals surface area contributed by atoms with Crippen LogP contribution >= 0.6 is 27.3 Å². The van der Waals surface area contributed by atoms with Crippen LogP contribution in [0.4, 0.5) is 0 Å². The average Bonchev–Trinajstić information content (AvgIpc) is 2.92. The summed E-state index contributed by atoms with van der Waals surface area (Å²) in [5, 5.41) is 10.3. The summed E-state index contributed by atoms with van der Waals surface area (Å²) >= 11 is 5.19. The molecule has 0 amide bonds. The quantitative estimate of drug-likeness (QED) is 0.705. The van der Waals surface area contributed by atoms with Crippen LogP contribution in [0, 0.1) is 11.3 Å². The normalized spacial score (nSPS) is 10.6. The van der Waals surface area contributed by atoms with E-state index in [1.807, 2.05) is 12.3 Å². The minimum atomic E-state index is 0.682. The number of nitriles is 1. The molecule has 1 N–H and O–H groups in total. The number of halogens is 1. The molecule has 0 radical (unpaired) electrons. The van der Waals surface area contributed by atoms with Gasteiger partial charge in [0.25, 0.3) is 0 Å². The highest BCUT2D eigenvalue weighted by Crippen LogP contribution is 2.37. The van der Waals surface area contributed by atoms with Crippen molar-refractivity contribution in [2.24, 2.45) is 0 Å². The lowest BCUT2D eigenvalue weighted by Crippen LogP contribution is -1.78. The Labute approximate surface area is 111 Å². The molecule has 82 valence electrons. The fourth-order valence-corrected chi connectivity index (χ4v) is 3.57. The molecule has 0 spiro atoms. The summed E-state index contributed by atoms with van der Waals surface area (Å²) in [6.45, 7) is 0. The number of rotatable bonds is 1. The number of aromatic amines is 1. The SMILES string of the molecule is N#Cc1c[nH]cc1-c1cccc2cc(Br)sc12. The fraction of sp³-hybridized carbons (Fsp3) is 0. The van der Waals surface area contributed by atoms with Crippen molar-refractivity contribution in [2.75, 3.05) is 0 Å². The maximum atomic E-state index is 9.07. The number of hydrogen-bond donors (Lipinski definition) is 1. The Kier molecular flexibility index (Phi) is 2.50. The molecule has 0 bridgehead atoms. The first-order valence-corrected chi connectivity index (χ1v) is 6.66. The molecule has 3 aromatic rings. The zero-order valence-electron chi connectivity index (χ0n) is 8.70. The lowest BCUT2D eigenvalue weighted by atomic mass is 10.0. The third-order valence-corrected chi connectivity index (χ3v) is 4.36. The van der Waals surface area contributed by atoms with E-state index in [0.29, 0.717) is 5.56 Å². The largest absolute Gasteiger partial charge is 0.366 e. The summed E-state index contributed by atoms with van der Waals surface area (Å²) < 4.78 is 2.31. The second kappa shape index (κ2) is 4.02. The van der Waals surface area contributed by atoms with Gasteiger partial charge >= 0.3 is 0 Å². The van der Waals surface area contributed by atoms with Crippen molar-refractivity contribution in [1.82, 2.24) is 4.98 Å². The Morgan fingerprint density at radius 1 is 1.24 bits per heavy atom. The first-order chi connectivity index (χ1) is 8.29. The lowest BCUT2D eigenvalue weighted by Gasteiger charge is -2.00. The number of nitrogens with zero attached hydrogens (tertiary/aromatic N) is 1. The molecule has 4 heteroatoms. The van der Waals surface area contributed by atoms with Crippen molar-refractivity contribution >= 4 is 37.4 Å². The molecule has 0 aliphatic rings. The van der Waals surface area contributed by atoms with E-state index in [0.717, 1.165) is 14.9 Å². The van der Waals surface area contributed by atoms with Gasteiger partial charge in [-0.2, -0.15) is 5.26 Å². The van der Waals surface area contributed by atoms with E-state index in [2.05, 4.69) is 45.2 Å². The standard InChI is InChI=1S/C13H7BrN2S/c14-12-4-8-2-1-3-10(13(8)17-12)11-7-16-6-9(11)5-15/h1-4,6-7,16H. The molecular formula is C13H7BrN2S. The number of hydrogen-bond acceptors (Lipinski definition) is 2. The van der Waals surface area contributed by atoms with Crippen LogP contribution < -0.4 is 0 Å². The summed E-state index contributed by atoms with van der Waals surface area (Å²) in [6, 6.07) is 10.5. The lowest BCUT2D eigenvalue weighted by molar-refractivity contribution is 1.40. The van der Waals surface area contributed by atoms with Crippen LogP contribution in [-0.4, -0.2) is 4.98 Å². The summed E-state index contributed by atoms with van der Waals surface area (Å²) in [7, 11) is 0. The molecule has 0 aliphatic heterocycles. The van der Waals surface area contributed by atoms with Crippen molar-refractivity contribution in [1.29, 1.82) is 5.26 Å². The van der Waals surface area contributed by atoms with Gasteiger partial charge in [-0.25, -0.2) is 0 Å². The van der Waals surface area contributed by atoms with Crippen molar-refractivity contribution in [3.05, 3.63) is 46.0 Å². The highest BCUT2D eigenvalue weighted by atomic mass is 79.9. The molecule has 0 aliphatic carbocycles.